The predicted molar refractivity (Wildman–Crippen MR) is 95.0 cm³/mol. The molecule has 3 rings (SSSR count). The monoisotopic (exact) mass is 447 g/mol. The van der Waals surface area contributed by atoms with Crippen molar-refractivity contribution in [3.63, 3.8) is 0 Å². The van der Waals surface area contributed by atoms with E-state index in [-0.39, 0.29) is 15.4 Å². The van der Waals surface area contributed by atoms with E-state index in [9.17, 15) is 13.5 Å². The number of furan rings is 1. The molecular formula is C16H18INO4S. The van der Waals surface area contributed by atoms with Gasteiger partial charge in [0, 0.05) is 3.92 Å². The fraction of sp³-hybridized carbons (Fsp3) is 0.375. The molecule has 0 unspecified atom stereocenters. The summed E-state index contributed by atoms with van der Waals surface area (Å²) in [5.74, 6) is 0.607. The fourth-order valence-electron chi connectivity index (χ4n) is 2.98. The standard InChI is InChI=1S/C16H18INO4S/c1-11-4-6-13(7-5-11)23(20,21)18-12(10-19)9-14(17)16(18)15-3-2-8-22-15/h2-8,12,14,16,19H,9-10H2,1H3/t12-,14+,16+/m1/s1. The van der Waals surface area contributed by atoms with E-state index in [2.05, 4.69) is 22.6 Å². The molecule has 0 aliphatic carbocycles. The van der Waals surface area contributed by atoms with E-state index in [0.29, 0.717) is 12.2 Å². The van der Waals surface area contributed by atoms with Crippen molar-refractivity contribution in [2.24, 2.45) is 0 Å². The number of aryl methyl sites for hydroxylation is 1. The third-order valence-corrected chi connectivity index (χ3v) is 7.25. The summed E-state index contributed by atoms with van der Waals surface area (Å²) >= 11 is 2.24. The summed E-state index contributed by atoms with van der Waals surface area (Å²) in [5.41, 5.74) is 0.999. The van der Waals surface area contributed by atoms with Gasteiger partial charge in [0.15, 0.2) is 0 Å². The Morgan fingerprint density at radius 1 is 1.30 bits per heavy atom. The van der Waals surface area contributed by atoms with E-state index < -0.39 is 22.1 Å². The molecule has 2 heterocycles. The number of aliphatic hydroxyl groups excluding tert-OH is 1. The lowest BCUT2D eigenvalue weighted by Crippen LogP contribution is -2.39. The Kier molecular flexibility index (Phi) is 4.82. The molecule has 0 saturated carbocycles. The molecule has 1 aromatic carbocycles. The molecule has 3 atom stereocenters. The lowest BCUT2D eigenvalue weighted by molar-refractivity contribution is 0.191. The molecule has 1 aliphatic rings. The largest absolute Gasteiger partial charge is 0.468 e. The number of benzene rings is 1. The summed E-state index contributed by atoms with van der Waals surface area (Å²) in [5, 5.41) is 9.68. The molecule has 1 saturated heterocycles. The molecule has 0 bridgehead atoms. The molecule has 1 aromatic heterocycles. The maximum absolute atomic E-state index is 13.1. The highest BCUT2D eigenvalue weighted by molar-refractivity contribution is 14.1. The van der Waals surface area contributed by atoms with Crippen molar-refractivity contribution in [2.45, 2.75) is 34.2 Å². The second-order valence-corrected chi connectivity index (χ2v) is 9.14. The molecule has 0 spiro atoms. The minimum absolute atomic E-state index is 0.0381. The maximum Gasteiger partial charge on any atom is 0.244 e. The second-order valence-electron chi connectivity index (χ2n) is 5.70. The van der Waals surface area contributed by atoms with Crippen molar-refractivity contribution in [2.75, 3.05) is 6.61 Å². The van der Waals surface area contributed by atoms with Crippen LogP contribution in [0.1, 0.15) is 23.8 Å². The van der Waals surface area contributed by atoms with Gasteiger partial charge < -0.3 is 9.52 Å². The van der Waals surface area contributed by atoms with Crippen LogP contribution in [0.25, 0.3) is 0 Å². The molecule has 2 aromatic rings. The van der Waals surface area contributed by atoms with Gasteiger partial charge in [0.05, 0.1) is 29.8 Å². The normalized spacial score (nSPS) is 25.8. The van der Waals surface area contributed by atoms with Crippen LogP contribution in [0.5, 0.6) is 0 Å². The summed E-state index contributed by atoms with van der Waals surface area (Å²) in [6.07, 6.45) is 2.13. The molecular weight excluding hydrogens is 429 g/mol. The number of hydrogen-bond acceptors (Lipinski definition) is 4. The summed E-state index contributed by atoms with van der Waals surface area (Å²) in [4.78, 5) is 0.239. The van der Waals surface area contributed by atoms with E-state index in [4.69, 9.17) is 4.42 Å². The highest BCUT2D eigenvalue weighted by Crippen LogP contribution is 2.44. The molecule has 0 radical (unpaired) electrons. The zero-order chi connectivity index (χ0) is 16.6. The zero-order valence-corrected chi connectivity index (χ0v) is 15.6. The summed E-state index contributed by atoms with van der Waals surface area (Å²) < 4.78 is 33.2. The second kappa shape index (κ2) is 6.54. The molecule has 124 valence electrons. The first-order valence-corrected chi connectivity index (χ1v) is 10.0. The lowest BCUT2D eigenvalue weighted by Gasteiger charge is -2.28. The predicted octanol–water partition coefficient (Wildman–Crippen LogP) is 2.89. The zero-order valence-electron chi connectivity index (χ0n) is 12.6. The SMILES string of the molecule is Cc1ccc(S(=O)(=O)N2[C@@H](CO)C[C@H](I)[C@H]2c2ccco2)cc1. The van der Waals surface area contributed by atoms with Gasteiger partial charge in [0.1, 0.15) is 5.76 Å². The Balaban J connectivity index is 2.07. The lowest BCUT2D eigenvalue weighted by atomic mass is 10.1. The van der Waals surface area contributed by atoms with Crippen LogP contribution in [-0.2, 0) is 10.0 Å². The minimum Gasteiger partial charge on any atom is -0.468 e. The quantitative estimate of drug-likeness (QED) is 0.578. The third kappa shape index (κ3) is 3.07. The van der Waals surface area contributed by atoms with E-state index in [0.717, 1.165) is 5.56 Å². The van der Waals surface area contributed by atoms with E-state index in [1.165, 1.54) is 4.31 Å². The van der Waals surface area contributed by atoms with Crippen molar-refractivity contribution in [3.05, 3.63) is 54.0 Å². The number of aliphatic hydroxyl groups is 1. The number of sulfonamides is 1. The van der Waals surface area contributed by atoms with Crippen LogP contribution in [0.4, 0.5) is 0 Å². The average Bonchev–Trinajstić information content (AvgIpc) is 3.14. The van der Waals surface area contributed by atoms with E-state index in [1.54, 1.807) is 42.7 Å². The molecule has 1 aliphatic heterocycles. The Labute approximate surface area is 149 Å². The Bertz CT molecular complexity index is 758. The van der Waals surface area contributed by atoms with Gasteiger partial charge in [-0.1, -0.05) is 40.3 Å². The summed E-state index contributed by atoms with van der Waals surface area (Å²) in [7, 11) is -3.72. The van der Waals surface area contributed by atoms with Gasteiger partial charge in [-0.2, -0.15) is 4.31 Å². The number of rotatable bonds is 4. The molecule has 0 amide bonds. The van der Waals surface area contributed by atoms with Crippen LogP contribution in [0.3, 0.4) is 0 Å². The van der Waals surface area contributed by atoms with Crippen LogP contribution in [0.2, 0.25) is 0 Å². The van der Waals surface area contributed by atoms with Gasteiger partial charge in [-0.3, -0.25) is 0 Å². The van der Waals surface area contributed by atoms with Crippen LogP contribution in [-0.4, -0.2) is 34.4 Å². The van der Waals surface area contributed by atoms with Gasteiger partial charge in [-0.15, -0.1) is 0 Å². The molecule has 1 fully saturated rings. The molecule has 1 N–H and O–H groups in total. The van der Waals surface area contributed by atoms with Gasteiger partial charge in [-0.25, -0.2) is 8.42 Å². The molecule has 5 nitrogen and oxygen atoms in total. The smallest absolute Gasteiger partial charge is 0.244 e. The Hall–Kier alpha value is -0.900. The number of nitrogens with zero attached hydrogens (tertiary/aromatic N) is 1. The minimum atomic E-state index is -3.72. The van der Waals surface area contributed by atoms with Crippen LogP contribution >= 0.6 is 22.6 Å². The van der Waals surface area contributed by atoms with Gasteiger partial charge in [-0.05, 0) is 37.6 Å². The Morgan fingerprint density at radius 3 is 2.57 bits per heavy atom. The first-order chi connectivity index (χ1) is 10.9. The topological polar surface area (TPSA) is 70.8 Å². The maximum atomic E-state index is 13.1. The van der Waals surface area contributed by atoms with Crippen LogP contribution < -0.4 is 0 Å². The van der Waals surface area contributed by atoms with Crippen molar-refractivity contribution >= 4 is 32.6 Å². The number of halogens is 1. The van der Waals surface area contributed by atoms with Crippen molar-refractivity contribution < 1.29 is 17.9 Å². The van der Waals surface area contributed by atoms with Gasteiger partial charge in [0.2, 0.25) is 10.0 Å². The highest BCUT2D eigenvalue weighted by Gasteiger charge is 2.48. The highest BCUT2D eigenvalue weighted by atomic mass is 127. The molecule has 7 heteroatoms. The summed E-state index contributed by atoms with van der Waals surface area (Å²) in [6, 6.07) is 9.46. The fourth-order valence-corrected chi connectivity index (χ4v) is 6.30. The van der Waals surface area contributed by atoms with E-state index >= 15 is 0 Å². The van der Waals surface area contributed by atoms with Gasteiger partial charge in [0.25, 0.3) is 0 Å². The summed E-state index contributed by atoms with van der Waals surface area (Å²) in [6.45, 7) is 1.71. The van der Waals surface area contributed by atoms with Crippen LogP contribution in [0, 0.1) is 6.92 Å². The molecule has 23 heavy (non-hydrogen) atoms. The van der Waals surface area contributed by atoms with Gasteiger partial charge >= 0.3 is 0 Å². The average molecular weight is 447 g/mol. The van der Waals surface area contributed by atoms with Crippen molar-refractivity contribution in [1.29, 1.82) is 0 Å². The van der Waals surface area contributed by atoms with Crippen LogP contribution in [0.15, 0.2) is 52.0 Å². The Morgan fingerprint density at radius 2 is 2.00 bits per heavy atom. The van der Waals surface area contributed by atoms with Crippen molar-refractivity contribution in [3.8, 4) is 0 Å². The first-order valence-electron chi connectivity index (χ1n) is 7.33. The third-order valence-electron chi connectivity index (χ3n) is 4.12. The first kappa shape index (κ1) is 16.9. The van der Waals surface area contributed by atoms with Crippen molar-refractivity contribution in [1.82, 2.24) is 4.31 Å². The van der Waals surface area contributed by atoms with E-state index in [1.807, 2.05) is 6.92 Å². The number of alkyl halides is 1. The number of hydrogen-bond donors (Lipinski definition) is 1.